The summed E-state index contributed by atoms with van der Waals surface area (Å²) >= 11 is 0. The fourth-order valence-electron chi connectivity index (χ4n) is 3.49. The summed E-state index contributed by atoms with van der Waals surface area (Å²) in [4.78, 5) is 0. The Bertz CT molecular complexity index is 587. The van der Waals surface area contributed by atoms with Crippen molar-refractivity contribution in [2.24, 2.45) is 11.7 Å². The second kappa shape index (κ2) is 4.64. The molecule has 0 bridgehead atoms. The molecule has 1 aliphatic carbocycles. The molecule has 2 N–H and O–H groups in total. The molecule has 0 aliphatic heterocycles. The first kappa shape index (κ1) is 12.7. The van der Waals surface area contributed by atoms with Crippen molar-refractivity contribution in [3.8, 4) is 0 Å². The Morgan fingerprint density at radius 3 is 2.89 bits per heavy atom. The first-order chi connectivity index (χ1) is 9.11. The molecule has 1 heterocycles. The minimum Gasteiger partial charge on any atom is -0.325 e. The summed E-state index contributed by atoms with van der Waals surface area (Å²) in [7, 11) is 0. The largest absolute Gasteiger partial charge is 0.325 e. The van der Waals surface area contributed by atoms with Crippen LogP contribution in [0.3, 0.4) is 0 Å². The Morgan fingerprint density at radius 2 is 2.21 bits per heavy atom. The van der Waals surface area contributed by atoms with E-state index in [-0.39, 0.29) is 5.54 Å². The number of nitrogens with two attached hydrogens (primary N) is 1. The van der Waals surface area contributed by atoms with Crippen LogP contribution in [0.1, 0.15) is 38.8 Å². The third kappa shape index (κ3) is 2.27. The summed E-state index contributed by atoms with van der Waals surface area (Å²) in [5, 5.41) is 6.05. The first-order valence-electron chi connectivity index (χ1n) is 7.34. The van der Waals surface area contributed by atoms with E-state index in [0.29, 0.717) is 0 Å². The topological polar surface area (TPSA) is 43.8 Å². The average molecular weight is 257 g/mol. The van der Waals surface area contributed by atoms with Gasteiger partial charge in [0.15, 0.2) is 0 Å². The maximum absolute atomic E-state index is 6.57. The number of aryl methyl sites for hydroxylation is 1. The van der Waals surface area contributed by atoms with Crippen LogP contribution in [0.5, 0.6) is 0 Å². The quantitative estimate of drug-likeness (QED) is 0.918. The van der Waals surface area contributed by atoms with E-state index in [1.54, 1.807) is 0 Å². The predicted molar refractivity (Wildman–Crippen MR) is 79.0 cm³/mol. The molecule has 0 spiro atoms. The highest BCUT2D eigenvalue weighted by atomic mass is 15.3. The smallest absolute Gasteiger partial charge is 0.0721 e. The Labute approximate surface area is 114 Å². The molecule has 1 saturated carbocycles. The maximum atomic E-state index is 6.57. The van der Waals surface area contributed by atoms with Gasteiger partial charge >= 0.3 is 0 Å². The number of nitrogens with zero attached hydrogens (tertiary/aromatic N) is 2. The third-order valence-electron chi connectivity index (χ3n) is 4.44. The monoisotopic (exact) mass is 257 g/mol. The van der Waals surface area contributed by atoms with E-state index in [0.717, 1.165) is 31.7 Å². The van der Waals surface area contributed by atoms with Crippen LogP contribution in [0.4, 0.5) is 0 Å². The Morgan fingerprint density at radius 1 is 1.42 bits per heavy atom. The standard InChI is InChI=1S/C16H23N3/c1-3-19-15-7-5-4-6-13(15)14(18-19)11-16(17)9-8-12(2)10-16/h4-7,12H,3,8-11,17H2,1-2H3. The molecule has 3 rings (SSSR count). The fraction of sp³-hybridized carbons (Fsp3) is 0.562. The minimum absolute atomic E-state index is 0.0465. The van der Waals surface area contributed by atoms with Gasteiger partial charge in [0.05, 0.1) is 11.2 Å². The highest BCUT2D eigenvalue weighted by Crippen LogP contribution is 2.35. The molecular weight excluding hydrogens is 234 g/mol. The zero-order valence-electron chi connectivity index (χ0n) is 11.9. The van der Waals surface area contributed by atoms with E-state index in [4.69, 9.17) is 10.8 Å². The van der Waals surface area contributed by atoms with E-state index in [2.05, 4.69) is 42.8 Å². The summed E-state index contributed by atoms with van der Waals surface area (Å²) < 4.78 is 2.09. The van der Waals surface area contributed by atoms with Crippen molar-refractivity contribution >= 4 is 10.9 Å². The van der Waals surface area contributed by atoms with E-state index >= 15 is 0 Å². The molecule has 0 radical (unpaired) electrons. The number of para-hydroxylation sites is 1. The van der Waals surface area contributed by atoms with Crippen molar-refractivity contribution in [3.63, 3.8) is 0 Å². The van der Waals surface area contributed by atoms with Crippen LogP contribution in [-0.4, -0.2) is 15.3 Å². The lowest BCUT2D eigenvalue weighted by molar-refractivity contribution is 0.414. The summed E-state index contributed by atoms with van der Waals surface area (Å²) in [6.07, 6.45) is 4.41. The summed E-state index contributed by atoms with van der Waals surface area (Å²) in [5.74, 6) is 0.754. The van der Waals surface area contributed by atoms with Crippen LogP contribution < -0.4 is 5.73 Å². The molecule has 102 valence electrons. The molecule has 1 aromatic carbocycles. The molecule has 1 aromatic heterocycles. The van der Waals surface area contributed by atoms with Gasteiger partial charge < -0.3 is 5.73 Å². The zero-order valence-corrected chi connectivity index (χ0v) is 11.9. The van der Waals surface area contributed by atoms with Gasteiger partial charge in [0, 0.05) is 23.9 Å². The number of fused-ring (bicyclic) bond motifs is 1. The number of hydrogen-bond acceptors (Lipinski definition) is 2. The number of benzene rings is 1. The van der Waals surface area contributed by atoms with Gasteiger partial charge in [-0.05, 0) is 38.2 Å². The molecule has 0 saturated heterocycles. The normalized spacial score (nSPS) is 27.2. The highest BCUT2D eigenvalue weighted by Gasteiger charge is 2.34. The molecule has 3 heteroatoms. The SMILES string of the molecule is CCn1nc(CC2(N)CCC(C)C2)c2ccccc21. The highest BCUT2D eigenvalue weighted by molar-refractivity contribution is 5.82. The fourth-order valence-corrected chi connectivity index (χ4v) is 3.49. The van der Waals surface area contributed by atoms with Gasteiger partial charge in [0.25, 0.3) is 0 Å². The van der Waals surface area contributed by atoms with E-state index in [1.807, 2.05) is 0 Å². The van der Waals surface area contributed by atoms with Crippen LogP contribution >= 0.6 is 0 Å². The second-order valence-corrected chi connectivity index (χ2v) is 6.17. The second-order valence-electron chi connectivity index (χ2n) is 6.17. The van der Waals surface area contributed by atoms with Crippen LogP contribution in [0.25, 0.3) is 10.9 Å². The van der Waals surface area contributed by atoms with Gasteiger partial charge in [0.1, 0.15) is 0 Å². The van der Waals surface area contributed by atoms with Gasteiger partial charge in [-0.2, -0.15) is 5.10 Å². The average Bonchev–Trinajstić information content (AvgIpc) is 2.91. The van der Waals surface area contributed by atoms with E-state index in [9.17, 15) is 0 Å². The lowest BCUT2D eigenvalue weighted by atomic mass is 9.91. The van der Waals surface area contributed by atoms with Gasteiger partial charge in [-0.1, -0.05) is 25.1 Å². The molecular formula is C16H23N3. The lowest BCUT2D eigenvalue weighted by Crippen LogP contribution is -2.39. The minimum atomic E-state index is -0.0465. The maximum Gasteiger partial charge on any atom is 0.0721 e. The molecule has 1 aliphatic rings. The predicted octanol–water partition coefficient (Wildman–Crippen LogP) is 3.12. The van der Waals surface area contributed by atoms with Gasteiger partial charge in [-0.15, -0.1) is 0 Å². The van der Waals surface area contributed by atoms with Crippen molar-refractivity contribution < 1.29 is 0 Å². The van der Waals surface area contributed by atoms with Gasteiger partial charge in [0.2, 0.25) is 0 Å². The molecule has 19 heavy (non-hydrogen) atoms. The van der Waals surface area contributed by atoms with Crippen LogP contribution in [0.15, 0.2) is 24.3 Å². The van der Waals surface area contributed by atoms with Gasteiger partial charge in [-0.25, -0.2) is 0 Å². The molecule has 2 atom stereocenters. The van der Waals surface area contributed by atoms with E-state index < -0.39 is 0 Å². The van der Waals surface area contributed by atoms with Crippen molar-refractivity contribution in [2.45, 2.75) is 51.6 Å². The molecule has 2 aromatic rings. The number of rotatable bonds is 3. The summed E-state index contributed by atoms with van der Waals surface area (Å²) in [5.41, 5.74) is 8.93. The van der Waals surface area contributed by atoms with Gasteiger partial charge in [-0.3, -0.25) is 4.68 Å². The van der Waals surface area contributed by atoms with Crippen molar-refractivity contribution in [3.05, 3.63) is 30.0 Å². The first-order valence-corrected chi connectivity index (χ1v) is 7.34. The Kier molecular flexibility index (Phi) is 3.09. The summed E-state index contributed by atoms with van der Waals surface area (Å²) in [6, 6.07) is 8.49. The van der Waals surface area contributed by atoms with Crippen molar-refractivity contribution in [1.82, 2.24) is 9.78 Å². The van der Waals surface area contributed by atoms with Crippen molar-refractivity contribution in [1.29, 1.82) is 0 Å². The Hall–Kier alpha value is -1.35. The van der Waals surface area contributed by atoms with Crippen LogP contribution in [-0.2, 0) is 13.0 Å². The van der Waals surface area contributed by atoms with Crippen LogP contribution in [0, 0.1) is 5.92 Å². The molecule has 2 unspecified atom stereocenters. The number of hydrogen-bond donors (Lipinski definition) is 1. The molecule has 0 amide bonds. The lowest BCUT2D eigenvalue weighted by Gasteiger charge is -2.22. The molecule has 3 nitrogen and oxygen atoms in total. The third-order valence-corrected chi connectivity index (χ3v) is 4.44. The Balaban J connectivity index is 1.97. The van der Waals surface area contributed by atoms with E-state index in [1.165, 1.54) is 23.0 Å². The van der Waals surface area contributed by atoms with Crippen molar-refractivity contribution in [2.75, 3.05) is 0 Å². The zero-order chi connectivity index (χ0) is 13.5. The molecule has 1 fully saturated rings. The summed E-state index contributed by atoms with van der Waals surface area (Å²) in [6.45, 7) is 5.35. The number of aromatic nitrogens is 2. The van der Waals surface area contributed by atoms with Crippen LogP contribution in [0.2, 0.25) is 0 Å².